The normalized spacial score (nSPS) is 15.2. The van der Waals surface area contributed by atoms with Crippen LogP contribution < -0.4 is 5.56 Å². The van der Waals surface area contributed by atoms with E-state index < -0.39 is 0 Å². The van der Waals surface area contributed by atoms with Gasteiger partial charge in [-0.25, -0.2) is 0 Å². The molecule has 2 rings (SSSR count). The molecule has 3 nitrogen and oxygen atoms in total. The molecule has 0 radical (unpaired) electrons. The Morgan fingerprint density at radius 1 is 1.64 bits per heavy atom. The summed E-state index contributed by atoms with van der Waals surface area (Å²) >= 11 is 5.80. The van der Waals surface area contributed by atoms with Crippen molar-refractivity contribution in [2.45, 2.75) is 25.8 Å². The van der Waals surface area contributed by atoms with Crippen LogP contribution in [0.15, 0.2) is 10.9 Å². The van der Waals surface area contributed by atoms with Crippen molar-refractivity contribution in [2.75, 3.05) is 0 Å². The Kier molecular flexibility index (Phi) is 2.09. The Morgan fingerprint density at radius 2 is 2.29 bits per heavy atom. The van der Waals surface area contributed by atoms with Gasteiger partial charge in [0.15, 0.2) is 0 Å². The Bertz CT molecular complexity index is 480. The van der Waals surface area contributed by atoms with E-state index in [1.165, 1.54) is 0 Å². The monoisotopic (exact) mass is 208 g/mol. The molecule has 1 heterocycles. The fourth-order valence-electron chi connectivity index (χ4n) is 1.60. The van der Waals surface area contributed by atoms with Crippen LogP contribution in [0.3, 0.4) is 0 Å². The molecule has 14 heavy (non-hydrogen) atoms. The maximum Gasteiger partial charge on any atom is 0.270 e. The zero-order valence-corrected chi connectivity index (χ0v) is 8.51. The summed E-state index contributed by atoms with van der Waals surface area (Å²) in [5.41, 5.74) is 0.644. The second-order valence-corrected chi connectivity index (χ2v) is 3.93. The Morgan fingerprint density at radius 3 is 2.79 bits per heavy atom. The lowest BCUT2D eigenvalue weighted by Gasteiger charge is -2.09. The number of pyridine rings is 1. The average molecular weight is 209 g/mol. The number of aryl methyl sites for hydroxylation is 1. The zero-order chi connectivity index (χ0) is 10.3. The topological polar surface area (TPSA) is 45.8 Å². The third-order valence-corrected chi connectivity index (χ3v) is 2.71. The minimum atomic E-state index is -0.250. The highest BCUT2D eigenvalue weighted by molar-refractivity contribution is 6.31. The van der Waals surface area contributed by atoms with Crippen molar-refractivity contribution in [1.29, 1.82) is 5.26 Å². The highest BCUT2D eigenvalue weighted by Gasteiger charge is 2.27. The zero-order valence-electron chi connectivity index (χ0n) is 7.75. The number of hydrogen-bond acceptors (Lipinski definition) is 2. The predicted molar refractivity (Wildman–Crippen MR) is 53.4 cm³/mol. The van der Waals surface area contributed by atoms with Crippen molar-refractivity contribution in [3.8, 4) is 6.07 Å². The van der Waals surface area contributed by atoms with Gasteiger partial charge in [-0.05, 0) is 25.8 Å². The first-order valence-electron chi connectivity index (χ1n) is 4.47. The number of rotatable bonds is 1. The lowest BCUT2D eigenvalue weighted by molar-refractivity contribution is 0.680. The third kappa shape index (κ3) is 1.32. The van der Waals surface area contributed by atoms with E-state index in [2.05, 4.69) is 0 Å². The summed E-state index contributed by atoms with van der Waals surface area (Å²) in [6.07, 6.45) is 2.04. The quantitative estimate of drug-likeness (QED) is 0.709. The Balaban J connectivity index is 2.72. The van der Waals surface area contributed by atoms with Gasteiger partial charge in [0.25, 0.3) is 5.56 Å². The van der Waals surface area contributed by atoms with Crippen LogP contribution in [-0.2, 0) is 0 Å². The minimum Gasteiger partial charge on any atom is -0.309 e. The van der Waals surface area contributed by atoms with Gasteiger partial charge in [0.1, 0.15) is 11.6 Å². The van der Waals surface area contributed by atoms with E-state index >= 15 is 0 Å². The van der Waals surface area contributed by atoms with Gasteiger partial charge >= 0.3 is 0 Å². The van der Waals surface area contributed by atoms with E-state index in [0.29, 0.717) is 0 Å². The summed E-state index contributed by atoms with van der Waals surface area (Å²) in [4.78, 5) is 11.8. The van der Waals surface area contributed by atoms with Crippen molar-refractivity contribution in [1.82, 2.24) is 4.57 Å². The van der Waals surface area contributed by atoms with Gasteiger partial charge in [-0.3, -0.25) is 4.79 Å². The minimum absolute atomic E-state index is 0.0594. The van der Waals surface area contributed by atoms with E-state index in [4.69, 9.17) is 16.9 Å². The summed E-state index contributed by atoms with van der Waals surface area (Å²) in [6.45, 7) is 1.84. The molecule has 0 bridgehead atoms. The van der Waals surface area contributed by atoms with E-state index in [0.717, 1.165) is 18.5 Å². The van der Waals surface area contributed by atoms with Crippen molar-refractivity contribution < 1.29 is 0 Å². The molecular weight excluding hydrogens is 200 g/mol. The van der Waals surface area contributed by atoms with Gasteiger partial charge in [0, 0.05) is 11.7 Å². The number of aromatic nitrogens is 1. The van der Waals surface area contributed by atoms with Gasteiger partial charge in [-0.1, -0.05) is 11.6 Å². The molecule has 72 valence electrons. The lowest BCUT2D eigenvalue weighted by Crippen LogP contribution is -2.24. The first kappa shape index (κ1) is 9.29. The van der Waals surface area contributed by atoms with Crippen molar-refractivity contribution in [3.05, 3.63) is 32.7 Å². The molecule has 0 unspecified atom stereocenters. The molecule has 1 aliphatic rings. The Labute approximate surface area is 86.5 Å². The van der Waals surface area contributed by atoms with Gasteiger partial charge in [0.05, 0.1) is 5.02 Å². The van der Waals surface area contributed by atoms with Crippen LogP contribution in [0.5, 0.6) is 0 Å². The van der Waals surface area contributed by atoms with Gasteiger partial charge < -0.3 is 4.57 Å². The third-order valence-electron chi connectivity index (χ3n) is 2.41. The van der Waals surface area contributed by atoms with Gasteiger partial charge in [-0.2, -0.15) is 5.26 Å². The van der Waals surface area contributed by atoms with E-state index in [1.54, 1.807) is 10.6 Å². The lowest BCUT2D eigenvalue weighted by atomic mass is 10.2. The predicted octanol–water partition coefficient (Wildman–Crippen LogP) is 2.02. The fourth-order valence-corrected chi connectivity index (χ4v) is 1.88. The molecule has 1 fully saturated rings. The van der Waals surface area contributed by atoms with E-state index in [-0.39, 0.29) is 22.2 Å². The second kappa shape index (κ2) is 3.14. The van der Waals surface area contributed by atoms with Gasteiger partial charge in [0.2, 0.25) is 0 Å². The summed E-state index contributed by atoms with van der Waals surface area (Å²) in [5, 5.41) is 9.03. The molecule has 0 saturated heterocycles. The second-order valence-electron chi connectivity index (χ2n) is 3.53. The Hall–Kier alpha value is -1.27. The van der Waals surface area contributed by atoms with Crippen LogP contribution in [0.4, 0.5) is 0 Å². The van der Waals surface area contributed by atoms with E-state index in [1.807, 2.05) is 13.0 Å². The van der Waals surface area contributed by atoms with Crippen LogP contribution in [0.1, 0.15) is 30.1 Å². The first-order valence-corrected chi connectivity index (χ1v) is 4.84. The van der Waals surface area contributed by atoms with Crippen LogP contribution in [0.25, 0.3) is 0 Å². The molecule has 0 aromatic carbocycles. The van der Waals surface area contributed by atoms with Crippen LogP contribution in [0.2, 0.25) is 5.02 Å². The van der Waals surface area contributed by atoms with Crippen LogP contribution >= 0.6 is 11.6 Å². The molecular formula is C10H9ClN2O. The largest absolute Gasteiger partial charge is 0.309 e. The summed E-state index contributed by atoms with van der Waals surface area (Å²) in [7, 11) is 0. The van der Waals surface area contributed by atoms with E-state index in [9.17, 15) is 4.79 Å². The summed E-state index contributed by atoms with van der Waals surface area (Å²) < 4.78 is 1.67. The van der Waals surface area contributed by atoms with Gasteiger partial charge in [-0.15, -0.1) is 0 Å². The number of nitriles is 1. The average Bonchev–Trinajstić information content (AvgIpc) is 2.88. The molecule has 0 aliphatic heterocycles. The SMILES string of the molecule is Cc1cc(Cl)c(C#N)c(=O)n1C1CC1. The maximum absolute atomic E-state index is 11.8. The molecule has 1 aliphatic carbocycles. The highest BCUT2D eigenvalue weighted by Crippen LogP contribution is 2.35. The van der Waals surface area contributed by atoms with Crippen LogP contribution in [-0.4, -0.2) is 4.57 Å². The molecule has 1 saturated carbocycles. The number of hydrogen-bond donors (Lipinski definition) is 0. The number of halogens is 1. The first-order chi connectivity index (χ1) is 6.65. The molecule has 4 heteroatoms. The molecule has 0 spiro atoms. The van der Waals surface area contributed by atoms with Crippen LogP contribution in [0, 0.1) is 18.3 Å². The fraction of sp³-hybridized carbons (Fsp3) is 0.400. The van der Waals surface area contributed by atoms with Crippen molar-refractivity contribution in [3.63, 3.8) is 0 Å². The summed E-state index contributed by atoms with van der Waals surface area (Å²) in [5.74, 6) is 0. The standard InChI is InChI=1S/C10H9ClN2O/c1-6-4-9(11)8(5-12)10(14)13(6)7-2-3-7/h4,7H,2-3H2,1H3. The number of nitrogens with zero attached hydrogens (tertiary/aromatic N) is 2. The smallest absolute Gasteiger partial charge is 0.270 e. The molecule has 1 aromatic rings. The summed E-state index contributed by atoms with van der Waals surface area (Å²) in [6, 6.07) is 3.81. The molecule has 0 amide bonds. The van der Waals surface area contributed by atoms with Crippen molar-refractivity contribution in [2.24, 2.45) is 0 Å². The van der Waals surface area contributed by atoms with Crippen molar-refractivity contribution >= 4 is 11.6 Å². The molecule has 0 N–H and O–H groups in total. The maximum atomic E-state index is 11.8. The molecule has 1 aromatic heterocycles. The highest BCUT2D eigenvalue weighted by atomic mass is 35.5. The molecule has 0 atom stereocenters.